The van der Waals surface area contributed by atoms with Crippen LogP contribution in [0.4, 0.5) is 0 Å². The van der Waals surface area contributed by atoms with Crippen molar-refractivity contribution in [2.24, 2.45) is 0 Å². The molecule has 2 rings (SSSR count). The highest BCUT2D eigenvalue weighted by Gasteiger charge is 2.26. The molecule has 3 N–H and O–H groups in total. The van der Waals surface area contributed by atoms with Crippen molar-refractivity contribution in [2.45, 2.75) is 31.8 Å². The number of aliphatic carboxylic acids is 1. The lowest BCUT2D eigenvalue weighted by molar-refractivity contribution is -0.136. The molecule has 1 heterocycles. The van der Waals surface area contributed by atoms with E-state index in [0.29, 0.717) is 18.4 Å². The summed E-state index contributed by atoms with van der Waals surface area (Å²) in [6.07, 6.45) is 0.793. The third kappa shape index (κ3) is 3.57. The predicted molar refractivity (Wildman–Crippen MR) is 70.8 cm³/mol. The molecule has 0 saturated carbocycles. The summed E-state index contributed by atoms with van der Waals surface area (Å²) in [5, 5.41) is 14.2. The van der Waals surface area contributed by atoms with Crippen molar-refractivity contribution in [2.75, 3.05) is 0 Å². The van der Waals surface area contributed by atoms with Crippen molar-refractivity contribution in [3.05, 3.63) is 35.4 Å². The van der Waals surface area contributed by atoms with Crippen molar-refractivity contribution in [3.8, 4) is 0 Å². The van der Waals surface area contributed by atoms with Crippen LogP contribution < -0.4 is 10.6 Å². The van der Waals surface area contributed by atoms with E-state index in [1.807, 2.05) is 0 Å². The maximum atomic E-state index is 11.9. The fourth-order valence-corrected chi connectivity index (χ4v) is 2.18. The van der Waals surface area contributed by atoms with Gasteiger partial charge in [-0.15, -0.1) is 0 Å². The second-order valence-electron chi connectivity index (χ2n) is 4.72. The van der Waals surface area contributed by atoms with Crippen molar-refractivity contribution >= 4 is 17.8 Å². The molecule has 0 radical (unpaired) electrons. The van der Waals surface area contributed by atoms with Gasteiger partial charge in [0.05, 0.1) is 6.42 Å². The van der Waals surface area contributed by atoms with Crippen LogP contribution in [-0.4, -0.2) is 28.9 Å². The number of carboxylic acid groups (broad SMARTS) is 1. The van der Waals surface area contributed by atoms with Gasteiger partial charge in [0.1, 0.15) is 6.04 Å². The van der Waals surface area contributed by atoms with Gasteiger partial charge in [-0.25, -0.2) is 0 Å². The number of hydrogen-bond acceptors (Lipinski definition) is 3. The van der Waals surface area contributed by atoms with E-state index in [4.69, 9.17) is 5.11 Å². The molecule has 20 heavy (non-hydrogen) atoms. The van der Waals surface area contributed by atoms with Gasteiger partial charge >= 0.3 is 5.97 Å². The molecule has 1 atom stereocenters. The lowest BCUT2D eigenvalue weighted by Crippen LogP contribution is -2.41. The molecule has 1 fully saturated rings. The number of amides is 2. The van der Waals surface area contributed by atoms with Crippen LogP contribution >= 0.6 is 0 Å². The Morgan fingerprint density at radius 1 is 1.30 bits per heavy atom. The number of rotatable bonds is 5. The fraction of sp³-hybridized carbons (Fsp3) is 0.357. The summed E-state index contributed by atoms with van der Waals surface area (Å²) in [6.45, 7) is 0.259. The van der Waals surface area contributed by atoms with Crippen LogP contribution in [0.1, 0.15) is 24.0 Å². The van der Waals surface area contributed by atoms with Gasteiger partial charge in [0.2, 0.25) is 11.8 Å². The van der Waals surface area contributed by atoms with Crippen LogP contribution in [0.3, 0.4) is 0 Å². The predicted octanol–water partition coefficient (Wildman–Crippen LogP) is 0.209. The van der Waals surface area contributed by atoms with E-state index in [0.717, 1.165) is 5.56 Å². The number of carboxylic acids is 1. The monoisotopic (exact) mass is 276 g/mol. The molecule has 106 valence electrons. The third-order valence-electron chi connectivity index (χ3n) is 3.22. The number of carbonyl (C=O) groups is 3. The highest BCUT2D eigenvalue weighted by molar-refractivity contribution is 5.90. The van der Waals surface area contributed by atoms with Crippen LogP contribution in [0.2, 0.25) is 0 Å². The van der Waals surface area contributed by atoms with Crippen molar-refractivity contribution in [1.82, 2.24) is 10.6 Å². The van der Waals surface area contributed by atoms with Gasteiger partial charge in [-0.2, -0.15) is 0 Å². The van der Waals surface area contributed by atoms with Gasteiger partial charge in [0, 0.05) is 13.0 Å². The Morgan fingerprint density at radius 2 is 2.00 bits per heavy atom. The average Bonchev–Trinajstić information content (AvgIpc) is 2.83. The summed E-state index contributed by atoms with van der Waals surface area (Å²) in [5.74, 6) is -1.26. The van der Waals surface area contributed by atoms with Gasteiger partial charge < -0.3 is 15.7 Å². The Kier molecular flexibility index (Phi) is 4.34. The van der Waals surface area contributed by atoms with E-state index in [-0.39, 0.29) is 24.8 Å². The standard InChI is InChI=1S/C14H16N2O4/c17-12-6-5-11(16-12)14(20)15-8-10-4-2-1-3-9(10)7-13(18)19/h1-4,11H,5-8H2,(H,15,20)(H,16,17)(H,18,19)/t11-/m1/s1. The molecule has 0 spiro atoms. The molecular weight excluding hydrogens is 260 g/mol. The third-order valence-corrected chi connectivity index (χ3v) is 3.22. The largest absolute Gasteiger partial charge is 0.481 e. The normalized spacial score (nSPS) is 17.6. The smallest absolute Gasteiger partial charge is 0.307 e. The Labute approximate surface area is 116 Å². The van der Waals surface area contributed by atoms with Crippen LogP contribution in [0.15, 0.2) is 24.3 Å². The van der Waals surface area contributed by atoms with Crippen LogP contribution in [0.5, 0.6) is 0 Å². The lowest BCUT2D eigenvalue weighted by Gasteiger charge is -2.12. The Morgan fingerprint density at radius 3 is 2.60 bits per heavy atom. The molecule has 6 heteroatoms. The van der Waals surface area contributed by atoms with E-state index in [1.54, 1.807) is 24.3 Å². The Hall–Kier alpha value is -2.37. The summed E-state index contributed by atoms with van der Waals surface area (Å²) in [7, 11) is 0. The minimum atomic E-state index is -0.910. The number of carbonyl (C=O) groups excluding carboxylic acids is 2. The molecule has 0 unspecified atom stereocenters. The topological polar surface area (TPSA) is 95.5 Å². The van der Waals surface area contributed by atoms with Gasteiger partial charge in [-0.3, -0.25) is 14.4 Å². The second-order valence-corrected chi connectivity index (χ2v) is 4.72. The maximum absolute atomic E-state index is 11.9. The van der Waals surface area contributed by atoms with E-state index < -0.39 is 12.0 Å². The molecule has 1 aliphatic heterocycles. The summed E-state index contributed by atoms with van der Waals surface area (Å²) in [6, 6.07) is 6.60. The highest BCUT2D eigenvalue weighted by atomic mass is 16.4. The van der Waals surface area contributed by atoms with Crippen LogP contribution in [0, 0.1) is 0 Å². The Bertz CT molecular complexity index is 542. The molecule has 2 amide bonds. The van der Waals surface area contributed by atoms with E-state index in [2.05, 4.69) is 10.6 Å². The lowest BCUT2D eigenvalue weighted by atomic mass is 10.0. The van der Waals surface area contributed by atoms with Crippen molar-refractivity contribution in [1.29, 1.82) is 0 Å². The molecule has 0 aromatic heterocycles. The van der Waals surface area contributed by atoms with Crippen molar-refractivity contribution in [3.63, 3.8) is 0 Å². The number of hydrogen-bond donors (Lipinski definition) is 3. The summed E-state index contributed by atoms with van der Waals surface area (Å²) < 4.78 is 0. The van der Waals surface area contributed by atoms with Crippen LogP contribution in [0.25, 0.3) is 0 Å². The SMILES string of the molecule is O=C(O)Cc1ccccc1CNC(=O)[C@H]1CCC(=O)N1. The fourth-order valence-electron chi connectivity index (χ4n) is 2.18. The summed E-state index contributed by atoms with van der Waals surface area (Å²) in [5.41, 5.74) is 1.45. The first-order valence-electron chi connectivity index (χ1n) is 6.42. The average molecular weight is 276 g/mol. The van der Waals surface area contributed by atoms with E-state index in [9.17, 15) is 14.4 Å². The van der Waals surface area contributed by atoms with Gasteiger partial charge in [0.15, 0.2) is 0 Å². The summed E-state index contributed by atoms with van der Waals surface area (Å²) in [4.78, 5) is 33.7. The van der Waals surface area contributed by atoms with Gasteiger partial charge in [-0.1, -0.05) is 24.3 Å². The molecule has 6 nitrogen and oxygen atoms in total. The first kappa shape index (κ1) is 14.0. The quantitative estimate of drug-likeness (QED) is 0.716. The minimum absolute atomic E-state index is 0.0772. The molecular formula is C14H16N2O4. The second kappa shape index (κ2) is 6.18. The first-order chi connectivity index (χ1) is 9.56. The molecule has 0 aliphatic carbocycles. The van der Waals surface area contributed by atoms with E-state index in [1.165, 1.54) is 0 Å². The molecule has 1 aliphatic rings. The molecule has 1 saturated heterocycles. The molecule has 1 aromatic rings. The molecule has 1 aromatic carbocycles. The first-order valence-corrected chi connectivity index (χ1v) is 6.42. The zero-order valence-corrected chi connectivity index (χ0v) is 10.9. The highest BCUT2D eigenvalue weighted by Crippen LogP contribution is 2.11. The maximum Gasteiger partial charge on any atom is 0.307 e. The van der Waals surface area contributed by atoms with Crippen LogP contribution in [-0.2, 0) is 27.3 Å². The summed E-state index contributed by atoms with van der Waals surface area (Å²) >= 11 is 0. The zero-order valence-electron chi connectivity index (χ0n) is 10.9. The number of nitrogens with one attached hydrogen (secondary N) is 2. The minimum Gasteiger partial charge on any atom is -0.481 e. The Balaban J connectivity index is 1.95. The number of benzene rings is 1. The van der Waals surface area contributed by atoms with Gasteiger partial charge in [0.25, 0.3) is 0 Å². The zero-order chi connectivity index (χ0) is 14.5. The van der Waals surface area contributed by atoms with Crippen molar-refractivity contribution < 1.29 is 19.5 Å². The van der Waals surface area contributed by atoms with Gasteiger partial charge in [-0.05, 0) is 17.5 Å². The van der Waals surface area contributed by atoms with E-state index >= 15 is 0 Å². The molecule has 0 bridgehead atoms.